The normalized spacial score (nSPS) is 36.4. The van der Waals surface area contributed by atoms with Gasteiger partial charge in [-0.15, -0.1) is 0 Å². The van der Waals surface area contributed by atoms with Gasteiger partial charge in [0.2, 0.25) is 0 Å². The Labute approximate surface area is 88.7 Å². The first-order valence-electron chi connectivity index (χ1n) is 6.48. The Morgan fingerprint density at radius 3 is 2.14 bits per heavy atom. The lowest BCUT2D eigenvalue weighted by atomic mass is 9.69. The van der Waals surface area contributed by atoms with Crippen molar-refractivity contribution in [3.8, 4) is 0 Å². The second kappa shape index (κ2) is 4.65. The molecule has 0 aromatic heterocycles. The minimum atomic E-state index is 0.839. The second-order valence-corrected chi connectivity index (χ2v) is 5.54. The van der Waals surface area contributed by atoms with Crippen molar-refractivity contribution in [2.45, 2.75) is 57.9 Å². The predicted octanol–water partition coefficient (Wildman–Crippen LogP) is 3.20. The Bertz CT molecular complexity index is 174. The zero-order valence-electron chi connectivity index (χ0n) is 9.76. The van der Waals surface area contributed by atoms with Crippen LogP contribution in [-0.2, 0) is 0 Å². The number of rotatable bonds is 3. The van der Waals surface area contributed by atoms with Gasteiger partial charge in [-0.2, -0.15) is 0 Å². The van der Waals surface area contributed by atoms with Crippen LogP contribution in [0.4, 0.5) is 0 Å². The van der Waals surface area contributed by atoms with Gasteiger partial charge in [-0.3, -0.25) is 0 Å². The van der Waals surface area contributed by atoms with E-state index in [2.05, 4.69) is 19.3 Å². The fraction of sp³-hybridized carbons (Fsp3) is 1.00. The van der Waals surface area contributed by atoms with Gasteiger partial charge in [0, 0.05) is 6.04 Å². The van der Waals surface area contributed by atoms with E-state index < -0.39 is 0 Å². The molecule has 0 amide bonds. The smallest absolute Gasteiger partial charge is 0.0121 e. The highest BCUT2D eigenvalue weighted by Gasteiger charge is 2.33. The Hall–Kier alpha value is -0.0400. The summed E-state index contributed by atoms with van der Waals surface area (Å²) in [5, 5.41) is 3.59. The molecule has 2 rings (SSSR count). The van der Waals surface area contributed by atoms with E-state index in [-0.39, 0.29) is 0 Å². The SMILES string of the molecule is CNC(C1CCC1)C1CCCC(C)C1. The van der Waals surface area contributed by atoms with Gasteiger partial charge in [0.1, 0.15) is 0 Å². The molecule has 14 heavy (non-hydrogen) atoms. The van der Waals surface area contributed by atoms with Crippen LogP contribution in [-0.4, -0.2) is 13.1 Å². The van der Waals surface area contributed by atoms with E-state index in [1.54, 1.807) is 0 Å². The Balaban J connectivity index is 1.89. The first-order chi connectivity index (χ1) is 6.81. The van der Waals surface area contributed by atoms with Gasteiger partial charge < -0.3 is 5.32 Å². The van der Waals surface area contributed by atoms with Crippen molar-refractivity contribution >= 4 is 0 Å². The molecule has 2 aliphatic carbocycles. The van der Waals surface area contributed by atoms with Crippen molar-refractivity contribution in [3.05, 3.63) is 0 Å². The molecule has 1 nitrogen and oxygen atoms in total. The molecule has 82 valence electrons. The zero-order valence-corrected chi connectivity index (χ0v) is 9.76. The topological polar surface area (TPSA) is 12.0 Å². The van der Waals surface area contributed by atoms with Gasteiger partial charge in [0.15, 0.2) is 0 Å². The van der Waals surface area contributed by atoms with E-state index in [0.29, 0.717) is 0 Å². The third-order valence-electron chi connectivity index (χ3n) is 4.48. The summed E-state index contributed by atoms with van der Waals surface area (Å²) in [6.07, 6.45) is 10.3. The third-order valence-corrected chi connectivity index (χ3v) is 4.48. The summed E-state index contributed by atoms with van der Waals surface area (Å²) in [4.78, 5) is 0. The van der Waals surface area contributed by atoms with Crippen molar-refractivity contribution in [2.75, 3.05) is 7.05 Å². The highest BCUT2D eigenvalue weighted by atomic mass is 14.9. The lowest BCUT2D eigenvalue weighted by molar-refractivity contribution is 0.136. The largest absolute Gasteiger partial charge is 0.316 e. The van der Waals surface area contributed by atoms with Gasteiger partial charge in [0.25, 0.3) is 0 Å². The third kappa shape index (κ3) is 2.13. The van der Waals surface area contributed by atoms with Crippen LogP contribution < -0.4 is 5.32 Å². The molecule has 0 aromatic rings. The monoisotopic (exact) mass is 195 g/mol. The maximum absolute atomic E-state index is 3.59. The maximum atomic E-state index is 3.59. The fourth-order valence-electron chi connectivity index (χ4n) is 3.46. The summed E-state index contributed by atoms with van der Waals surface area (Å²) >= 11 is 0. The molecule has 0 radical (unpaired) electrons. The number of hydrogen-bond donors (Lipinski definition) is 1. The minimum Gasteiger partial charge on any atom is -0.316 e. The highest BCUT2D eigenvalue weighted by Crippen LogP contribution is 2.39. The molecule has 2 fully saturated rings. The minimum absolute atomic E-state index is 0.839. The van der Waals surface area contributed by atoms with Crippen LogP contribution in [0.2, 0.25) is 0 Å². The lowest BCUT2D eigenvalue weighted by Crippen LogP contribution is -2.44. The van der Waals surface area contributed by atoms with E-state index >= 15 is 0 Å². The summed E-state index contributed by atoms with van der Waals surface area (Å²) in [7, 11) is 2.17. The van der Waals surface area contributed by atoms with Gasteiger partial charge in [-0.25, -0.2) is 0 Å². The average molecular weight is 195 g/mol. The summed E-state index contributed by atoms with van der Waals surface area (Å²) in [5.74, 6) is 2.97. The number of hydrogen-bond acceptors (Lipinski definition) is 1. The molecule has 0 saturated heterocycles. The van der Waals surface area contributed by atoms with E-state index in [1.807, 2.05) is 0 Å². The van der Waals surface area contributed by atoms with E-state index in [4.69, 9.17) is 0 Å². The molecule has 3 unspecified atom stereocenters. The second-order valence-electron chi connectivity index (χ2n) is 5.54. The maximum Gasteiger partial charge on any atom is 0.0121 e. The zero-order chi connectivity index (χ0) is 9.97. The van der Waals surface area contributed by atoms with E-state index in [1.165, 1.54) is 44.9 Å². The summed E-state index contributed by atoms with van der Waals surface area (Å²) in [5.41, 5.74) is 0. The standard InChI is InChI=1S/C13H25N/c1-10-5-3-8-12(9-10)13(14-2)11-6-4-7-11/h10-14H,3-9H2,1-2H3. The van der Waals surface area contributed by atoms with Gasteiger partial charge >= 0.3 is 0 Å². The molecule has 0 spiro atoms. The van der Waals surface area contributed by atoms with Crippen LogP contribution in [0.3, 0.4) is 0 Å². The summed E-state index contributed by atoms with van der Waals surface area (Å²) < 4.78 is 0. The predicted molar refractivity (Wildman–Crippen MR) is 61.3 cm³/mol. The van der Waals surface area contributed by atoms with Gasteiger partial charge in [-0.1, -0.05) is 26.2 Å². The summed E-state index contributed by atoms with van der Waals surface area (Å²) in [6, 6.07) is 0.839. The quantitative estimate of drug-likeness (QED) is 0.729. The molecule has 1 heteroatoms. The molecule has 0 aromatic carbocycles. The molecule has 0 aliphatic heterocycles. The molecule has 0 bridgehead atoms. The van der Waals surface area contributed by atoms with Gasteiger partial charge in [-0.05, 0) is 50.5 Å². The van der Waals surface area contributed by atoms with Crippen LogP contribution >= 0.6 is 0 Å². The first kappa shape index (κ1) is 10.5. The molecular weight excluding hydrogens is 170 g/mol. The van der Waals surface area contributed by atoms with E-state index in [0.717, 1.165) is 23.8 Å². The lowest BCUT2D eigenvalue weighted by Gasteiger charge is -2.41. The molecule has 2 saturated carbocycles. The highest BCUT2D eigenvalue weighted by molar-refractivity contribution is 4.89. The Morgan fingerprint density at radius 2 is 1.64 bits per heavy atom. The van der Waals surface area contributed by atoms with Crippen LogP contribution in [0.25, 0.3) is 0 Å². The van der Waals surface area contributed by atoms with Crippen LogP contribution in [0, 0.1) is 17.8 Å². The van der Waals surface area contributed by atoms with Crippen LogP contribution in [0.5, 0.6) is 0 Å². The van der Waals surface area contributed by atoms with Crippen molar-refractivity contribution in [2.24, 2.45) is 17.8 Å². The summed E-state index contributed by atoms with van der Waals surface area (Å²) in [6.45, 7) is 2.43. The average Bonchev–Trinajstić information content (AvgIpc) is 2.10. The molecule has 2 aliphatic rings. The van der Waals surface area contributed by atoms with E-state index in [9.17, 15) is 0 Å². The molecule has 0 heterocycles. The fourth-order valence-corrected chi connectivity index (χ4v) is 3.46. The van der Waals surface area contributed by atoms with Gasteiger partial charge in [0.05, 0.1) is 0 Å². The van der Waals surface area contributed by atoms with Crippen molar-refractivity contribution in [1.29, 1.82) is 0 Å². The van der Waals surface area contributed by atoms with Crippen molar-refractivity contribution < 1.29 is 0 Å². The number of nitrogens with one attached hydrogen (secondary N) is 1. The molecule has 3 atom stereocenters. The first-order valence-corrected chi connectivity index (χ1v) is 6.48. The van der Waals surface area contributed by atoms with Crippen molar-refractivity contribution in [1.82, 2.24) is 5.32 Å². The van der Waals surface area contributed by atoms with Crippen LogP contribution in [0.15, 0.2) is 0 Å². The van der Waals surface area contributed by atoms with Crippen molar-refractivity contribution in [3.63, 3.8) is 0 Å². The Kier molecular flexibility index (Phi) is 3.48. The Morgan fingerprint density at radius 1 is 1.00 bits per heavy atom. The van der Waals surface area contributed by atoms with Crippen LogP contribution in [0.1, 0.15) is 51.9 Å². The molecular formula is C13H25N. The molecule has 1 N–H and O–H groups in total.